The third-order valence-electron chi connectivity index (χ3n) is 6.56. The van der Waals surface area contributed by atoms with Crippen LogP contribution >= 0.6 is 0 Å². The molecule has 2 aliphatic heterocycles. The molecule has 0 bridgehead atoms. The van der Waals surface area contributed by atoms with Crippen molar-refractivity contribution in [2.45, 2.75) is 38.6 Å². The first-order valence-corrected chi connectivity index (χ1v) is 10.8. The SMILES string of the molecule is COc1cc2c(cc1C=Nc1ccc(N3CCOCC3)cc1)C(C)CC(C)(C)N2C. The smallest absolute Gasteiger partial charge is 0.129 e. The van der Waals surface area contributed by atoms with Crippen LogP contribution in [0.3, 0.4) is 0 Å². The van der Waals surface area contributed by atoms with E-state index >= 15 is 0 Å². The van der Waals surface area contributed by atoms with Crippen molar-refractivity contribution in [1.29, 1.82) is 0 Å². The highest BCUT2D eigenvalue weighted by Crippen LogP contribution is 2.44. The van der Waals surface area contributed by atoms with Crippen LogP contribution in [0.1, 0.15) is 44.2 Å². The van der Waals surface area contributed by atoms with Crippen LogP contribution in [0.4, 0.5) is 17.1 Å². The number of aliphatic imine (C=N–C) groups is 1. The minimum atomic E-state index is 0.134. The molecule has 1 saturated heterocycles. The molecule has 0 spiro atoms. The molecule has 5 heteroatoms. The normalized spacial score (nSPS) is 21.0. The Labute approximate surface area is 180 Å². The maximum absolute atomic E-state index is 5.71. The number of ether oxygens (including phenoxy) is 2. The summed E-state index contributed by atoms with van der Waals surface area (Å²) in [6, 6.07) is 12.8. The van der Waals surface area contributed by atoms with Gasteiger partial charge in [-0.05, 0) is 62.1 Å². The van der Waals surface area contributed by atoms with Crippen molar-refractivity contribution < 1.29 is 9.47 Å². The summed E-state index contributed by atoms with van der Waals surface area (Å²) in [5.41, 5.74) is 5.94. The van der Waals surface area contributed by atoms with E-state index < -0.39 is 0 Å². The zero-order valence-electron chi connectivity index (χ0n) is 18.8. The van der Waals surface area contributed by atoms with Crippen LogP contribution in [0.25, 0.3) is 0 Å². The summed E-state index contributed by atoms with van der Waals surface area (Å²) >= 11 is 0. The molecule has 1 fully saturated rings. The Hall–Kier alpha value is -2.53. The number of hydrogen-bond donors (Lipinski definition) is 0. The predicted octanol–water partition coefficient (Wildman–Crippen LogP) is 5.00. The fraction of sp³-hybridized carbons (Fsp3) is 0.480. The quantitative estimate of drug-likeness (QED) is 0.668. The zero-order valence-corrected chi connectivity index (χ0v) is 18.8. The molecule has 0 saturated carbocycles. The summed E-state index contributed by atoms with van der Waals surface area (Å²) in [5.74, 6) is 1.36. The van der Waals surface area contributed by atoms with Crippen LogP contribution < -0.4 is 14.5 Å². The average molecular weight is 408 g/mol. The lowest BCUT2D eigenvalue weighted by atomic mass is 9.80. The number of benzene rings is 2. The fourth-order valence-corrected chi connectivity index (χ4v) is 4.60. The molecule has 160 valence electrons. The van der Waals surface area contributed by atoms with Gasteiger partial charge in [0, 0.05) is 54.9 Å². The van der Waals surface area contributed by atoms with Crippen LogP contribution in [-0.2, 0) is 4.74 Å². The highest BCUT2D eigenvalue weighted by atomic mass is 16.5. The topological polar surface area (TPSA) is 37.3 Å². The van der Waals surface area contributed by atoms with Gasteiger partial charge in [0.05, 0.1) is 26.0 Å². The highest BCUT2D eigenvalue weighted by molar-refractivity contribution is 5.88. The molecule has 0 aliphatic carbocycles. The molecule has 2 aromatic carbocycles. The molecule has 2 aromatic rings. The van der Waals surface area contributed by atoms with Crippen molar-refractivity contribution in [2.24, 2.45) is 4.99 Å². The lowest BCUT2D eigenvalue weighted by molar-refractivity contribution is 0.122. The maximum atomic E-state index is 5.71. The minimum absolute atomic E-state index is 0.134. The molecule has 0 amide bonds. The van der Waals surface area contributed by atoms with Gasteiger partial charge < -0.3 is 19.3 Å². The second kappa shape index (κ2) is 8.31. The number of rotatable bonds is 4. The second-order valence-electron chi connectivity index (χ2n) is 9.00. The van der Waals surface area contributed by atoms with Gasteiger partial charge in [-0.3, -0.25) is 4.99 Å². The van der Waals surface area contributed by atoms with Crippen molar-refractivity contribution in [3.63, 3.8) is 0 Å². The summed E-state index contributed by atoms with van der Waals surface area (Å²) in [4.78, 5) is 9.45. The van der Waals surface area contributed by atoms with Gasteiger partial charge >= 0.3 is 0 Å². The summed E-state index contributed by atoms with van der Waals surface area (Å²) in [7, 11) is 3.90. The molecule has 1 atom stereocenters. The number of fused-ring (bicyclic) bond motifs is 1. The van der Waals surface area contributed by atoms with Gasteiger partial charge in [-0.2, -0.15) is 0 Å². The molecular formula is C25H33N3O2. The molecule has 0 radical (unpaired) electrons. The monoisotopic (exact) mass is 407 g/mol. The Morgan fingerprint density at radius 2 is 1.83 bits per heavy atom. The summed E-state index contributed by atoms with van der Waals surface area (Å²) in [6.07, 6.45) is 3.05. The predicted molar refractivity (Wildman–Crippen MR) is 125 cm³/mol. The van der Waals surface area contributed by atoms with Crippen molar-refractivity contribution in [1.82, 2.24) is 0 Å². The molecule has 1 unspecified atom stereocenters. The van der Waals surface area contributed by atoms with E-state index in [0.717, 1.165) is 49.7 Å². The third kappa shape index (κ3) is 4.04. The Bertz CT molecular complexity index is 915. The minimum Gasteiger partial charge on any atom is -0.496 e. The molecule has 0 aromatic heterocycles. The largest absolute Gasteiger partial charge is 0.496 e. The van der Waals surface area contributed by atoms with Gasteiger partial charge in [0.15, 0.2) is 0 Å². The molecule has 4 rings (SSSR count). The van der Waals surface area contributed by atoms with Gasteiger partial charge in [0.1, 0.15) is 5.75 Å². The van der Waals surface area contributed by atoms with Gasteiger partial charge in [-0.1, -0.05) is 6.92 Å². The standard InChI is InChI=1S/C25H33N3O2/c1-18-16-25(2,3)27(4)23-15-24(29-5)19(14-22(18)23)17-26-20-6-8-21(9-7-20)28-10-12-30-13-11-28/h6-9,14-15,17-18H,10-13,16H2,1-5H3. The summed E-state index contributed by atoms with van der Waals surface area (Å²) in [6.45, 7) is 10.4. The van der Waals surface area contributed by atoms with Crippen molar-refractivity contribution in [2.75, 3.05) is 50.3 Å². The van der Waals surface area contributed by atoms with Crippen molar-refractivity contribution in [3.05, 3.63) is 47.5 Å². The molecule has 2 heterocycles. The molecule has 2 aliphatic rings. The maximum Gasteiger partial charge on any atom is 0.129 e. The second-order valence-corrected chi connectivity index (χ2v) is 9.00. The van der Waals surface area contributed by atoms with E-state index in [2.05, 4.69) is 74.0 Å². The Balaban J connectivity index is 1.58. The van der Waals surface area contributed by atoms with Crippen LogP contribution in [0.2, 0.25) is 0 Å². The van der Waals surface area contributed by atoms with Crippen molar-refractivity contribution in [3.8, 4) is 5.75 Å². The fourth-order valence-electron chi connectivity index (χ4n) is 4.60. The van der Waals surface area contributed by atoms with E-state index in [1.54, 1.807) is 7.11 Å². The zero-order chi connectivity index (χ0) is 21.3. The summed E-state index contributed by atoms with van der Waals surface area (Å²) < 4.78 is 11.2. The van der Waals surface area contributed by atoms with E-state index in [1.807, 2.05) is 6.21 Å². The summed E-state index contributed by atoms with van der Waals surface area (Å²) in [5, 5.41) is 0. The van der Waals surface area contributed by atoms with E-state index in [1.165, 1.54) is 16.9 Å². The number of methoxy groups -OCH3 is 1. The average Bonchev–Trinajstić information content (AvgIpc) is 2.76. The Morgan fingerprint density at radius 1 is 1.13 bits per heavy atom. The number of hydrogen-bond acceptors (Lipinski definition) is 5. The first-order chi connectivity index (χ1) is 14.4. The van der Waals surface area contributed by atoms with Crippen LogP contribution in [-0.4, -0.2) is 52.2 Å². The van der Waals surface area contributed by atoms with Gasteiger partial charge in [0.25, 0.3) is 0 Å². The lowest BCUT2D eigenvalue weighted by Crippen LogP contribution is -2.45. The first-order valence-electron chi connectivity index (χ1n) is 10.8. The van der Waals surface area contributed by atoms with Crippen LogP contribution in [0, 0.1) is 0 Å². The van der Waals surface area contributed by atoms with Crippen LogP contribution in [0.5, 0.6) is 5.75 Å². The van der Waals surface area contributed by atoms with Gasteiger partial charge in [-0.25, -0.2) is 0 Å². The highest BCUT2D eigenvalue weighted by Gasteiger charge is 2.34. The third-order valence-corrected chi connectivity index (χ3v) is 6.56. The molecule has 30 heavy (non-hydrogen) atoms. The van der Waals surface area contributed by atoms with E-state index in [4.69, 9.17) is 14.5 Å². The number of anilines is 2. The van der Waals surface area contributed by atoms with Gasteiger partial charge in [-0.15, -0.1) is 0 Å². The van der Waals surface area contributed by atoms with E-state index in [-0.39, 0.29) is 5.54 Å². The molecule has 0 N–H and O–H groups in total. The molecule has 5 nitrogen and oxygen atoms in total. The van der Waals surface area contributed by atoms with E-state index in [0.29, 0.717) is 5.92 Å². The van der Waals surface area contributed by atoms with E-state index in [9.17, 15) is 0 Å². The lowest BCUT2D eigenvalue weighted by Gasteiger charge is -2.45. The van der Waals surface area contributed by atoms with Crippen molar-refractivity contribution >= 4 is 23.3 Å². The molecular weight excluding hydrogens is 374 g/mol. The Morgan fingerprint density at radius 3 is 2.50 bits per heavy atom. The Kier molecular flexibility index (Phi) is 5.74. The number of morpholine rings is 1. The number of nitrogens with zero attached hydrogens (tertiary/aromatic N) is 3. The first kappa shape index (κ1) is 20.7. The van der Waals surface area contributed by atoms with Crippen LogP contribution in [0.15, 0.2) is 41.4 Å². The van der Waals surface area contributed by atoms with Gasteiger partial charge in [0.2, 0.25) is 0 Å².